The number of likely N-dealkylation sites (N-methyl/N-ethyl adjacent to an activating group) is 1. The number of carbonyl (C=O) groups is 4. The van der Waals surface area contributed by atoms with Gasteiger partial charge < -0.3 is 9.64 Å². The van der Waals surface area contributed by atoms with E-state index in [1.54, 1.807) is 19.2 Å². The zero-order chi connectivity index (χ0) is 19.6. The van der Waals surface area contributed by atoms with Crippen molar-refractivity contribution in [1.29, 1.82) is 0 Å². The summed E-state index contributed by atoms with van der Waals surface area (Å²) in [5, 5.41) is 1.91. The number of esters is 1. The lowest BCUT2D eigenvalue weighted by molar-refractivity contribution is -0.154. The van der Waals surface area contributed by atoms with E-state index in [0.717, 1.165) is 9.78 Å². The van der Waals surface area contributed by atoms with Crippen molar-refractivity contribution in [3.8, 4) is 0 Å². The van der Waals surface area contributed by atoms with Gasteiger partial charge in [-0.3, -0.25) is 19.3 Å². The molecule has 0 spiro atoms. The van der Waals surface area contributed by atoms with Gasteiger partial charge in [-0.1, -0.05) is 18.2 Å². The molecule has 0 unspecified atom stereocenters. The van der Waals surface area contributed by atoms with E-state index >= 15 is 0 Å². The fourth-order valence-electron chi connectivity index (χ4n) is 2.75. The summed E-state index contributed by atoms with van der Waals surface area (Å²) in [5.74, 6) is -2.25. The van der Waals surface area contributed by atoms with Crippen LogP contribution >= 0.6 is 11.3 Å². The molecule has 3 rings (SSSR count). The highest BCUT2D eigenvalue weighted by Crippen LogP contribution is 2.24. The third-order valence-electron chi connectivity index (χ3n) is 4.29. The van der Waals surface area contributed by atoms with E-state index in [2.05, 4.69) is 0 Å². The van der Waals surface area contributed by atoms with E-state index in [-0.39, 0.29) is 17.0 Å². The molecule has 1 aliphatic heterocycles. The average molecular weight is 386 g/mol. The predicted octanol–water partition coefficient (Wildman–Crippen LogP) is 1.93. The lowest BCUT2D eigenvalue weighted by atomic mass is 10.1. The van der Waals surface area contributed by atoms with Crippen LogP contribution in [0, 0.1) is 0 Å². The van der Waals surface area contributed by atoms with Crippen molar-refractivity contribution in [1.82, 2.24) is 9.80 Å². The minimum Gasteiger partial charge on any atom is -0.454 e. The monoisotopic (exact) mass is 386 g/mol. The first kappa shape index (κ1) is 18.8. The second kappa shape index (κ2) is 7.71. The molecule has 2 heterocycles. The second-order valence-electron chi connectivity index (χ2n) is 6.14. The molecule has 0 radical (unpaired) electrons. The van der Waals surface area contributed by atoms with Crippen molar-refractivity contribution in [2.75, 3.05) is 13.7 Å². The number of thiophene rings is 1. The van der Waals surface area contributed by atoms with Crippen LogP contribution < -0.4 is 0 Å². The lowest BCUT2D eigenvalue weighted by Crippen LogP contribution is -2.44. The van der Waals surface area contributed by atoms with Gasteiger partial charge >= 0.3 is 5.97 Å². The first-order valence-corrected chi connectivity index (χ1v) is 9.18. The van der Waals surface area contributed by atoms with Gasteiger partial charge in [0.25, 0.3) is 17.7 Å². The number of imide groups is 1. The van der Waals surface area contributed by atoms with Gasteiger partial charge in [-0.25, -0.2) is 4.79 Å². The van der Waals surface area contributed by atoms with Gasteiger partial charge in [0, 0.05) is 11.9 Å². The second-order valence-corrected chi connectivity index (χ2v) is 7.17. The Morgan fingerprint density at radius 2 is 1.74 bits per heavy atom. The fourth-order valence-corrected chi connectivity index (χ4v) is 3.51. The summed E-state index contributed by atoms with van der Waals surface area (Å²) in [6.45, 7) is 1.38. The van der Waals surface area contributed by atoms with Gasteiger partial charge in [0.2, 0.25) is 0 Å². The number of hydrogen-bond donors (Lipinski definition) is 0. The van der Waals surface area contributed by atoms with Gasteiger partial charge in [-0.05, 0) is 30.5 Å². The van der Waals surface area contributed by atoms with Crippen molar-refractivity contribution in [3.63, 3.8) is 0 Å². The predicted molar refractivity (Wildman–Crippen MR) is 98.2 cm³/mol. The zero-order valence-electron chi connectivity index (χ0n) is 14.9. The number of ether oxygens (including phenoxy) is 1. The molecule has 0 N–H and O–H groups in total. The van der Waals surface area contributed by atoms with Crippen LogP contribution in [-0.4, -0.2) is 53.2 Å². The third kappa shape index (κ3) is 3.75. The molecule has 0 saturated heterocycles. The van der Waals surface area contributed by atoms with Gasteiger partial charge in [-0.15, -0.1) is 11.3 Å². The van der Waals surface area contributed by atoms with Crippen LogP contribution in [0.3, 0.4) is 0 Å². The molecule has 2 aromatic rings. The summed E-state index contributed by atoms with van der Waals surface area (Å²) < 4.78 is 5.04. The molecule has 0 bridgehead atoms. The van der Waals surface area contributed by atoms with Crippen molar-refractivity contribution >= 4 is 35.0 Å². The Labute approximate surface area is 160 Å². The van der Waals surface area contributed by atoms with Crippen molar-refractivity contribution in [2.24, 2.45) is 0 Å². The van der Waals surface area contributed by atoms with Gasteiger partial charge in [0.15, 0.2) is 6.61 Å². The summed E-state index contributed by atoms with van der Waals surface area (Å²) in [7, 11) is 1.61. The van der Waals surface area contributed by atoms with Crippen molar-refractivity contribution < 1.29 is 23.9 Å². The Morgan fingerprint density at radius 1 is 1.11 bits per heavy atom. The smallest absolute Gasteiger partial charge is 0.329 e. The van der Waals surface area contributed by atoms with E-state index in [4.69, 9.17) is 4.74 Å². The maximum atomic E-state index is 12.4. The highest BCUT2D eigenvalue weighted by Gasteiger charge is 2.41. The average Bonchev–Trinajstić information content (AvgIpc) is 3.26. The Balaban J connectivity index is 1.57. The molecule has 8 heteroatoms. The topological polar surface area (TPSA) is 84.0 Å². The minimum absolute atomic E-state index is 0.258. The molecule has 7 nitrogen and oxygen atoms in total. The zero-order valence-corrected chi connectivity index (χ0v) is 15.7. The molecule has 3 amide bonds. The molecule has 1 aromatic carbocycles. The molecule has 0 aliphatic carbocycles. The molecular weight excluding hydrogens is 368 g/mol. The Hall–Kier alpha value is -3.00. The molecule has 27 heavy (non-hydrogen) atoms. The number of nitrogens with zero attached hydrogens (tertiary/aromatic N) is 2. The van der Waals surface area contributed by atoms with Crippen LogP contribution in [0.1, 0.15) is 32.5 Å². The highest BCUT2D eigenvalue weighted by molar-refractivity contribution is 7.09. The molecule has 0 fully saturated rings. The summed E-state index contributed by atoms with van der Waals surface area (Å²) in [6.07, 6.45) is 0. The minimum atomic E-state index is -1.12. The van der Waals surface area contributed by atoms with E-state index < -0.39 is 30.4 Å². The first-order valence-electron chi connectivity index (χ1n) is 8.30. The number of hydrogen-bond acceptors (Lipinski definition) is 6. The van der Waals surface area contributed by atoms with Crippen LogP contribution in [0.25, 0.3) is 0 Å². The summed E-state index contributed by atoms with van der Waals surface area (Å²) >= 11 is 1.53. The Morgan fingerprint density at radius 3 is 2.30 bits per heavy atom. The fraction of sp³-hybridized carbons (Fsp3) is 0.263. The molecule has 0 saturated carbocycles. The summed E-state index contributed by atoms with van der Waals surface area (Å²) in [4.78, 5) is 52.5. The van der Waals surface area contributed by atoms with Gasteiger partial charge in [-0.2, -0.15) is 0 Å². The lowest BCUT2D eigenvalue weighted by Gasteiger charge is -2.21. The van der Waals surface area contributed by atoms with Crippen molar-refractivity contribution in [3.05, 3.63) is 57.8 Å². The summed E-state index contributed by atoms with van der Waals surface area (Å²) in [5.41, 5.74) is 0.516. The molecule has 1 atom stereocenters. The molecular formula is C19H18N2O5S. The van der Waals surface area contributed by atoms with Gasteiger partial charge in [0.05, 0.1) is 17.7 Å². The van der Waals surface area contributed by atoms with Crippen LogP contribution in [0.5, 0.6) is 0 Å². The summed E-state index contributed by atoms with van der Waals surface area (Å²) in [6, 6.07) is 9.06. The number of amides is 3. The normalized spacial score (nSPS) is 14.1. The number of benzene rings is 1. The van der Waals surface area contributed by atoms with E-state index in [0.29, 0.717) is 6.54 Å². The number of rotatable bonds is 6. The van der Waals surface area contributed by atoms with Crippen molar-refractivity contribution in [2.45, 2.75) is 19.5 Å². The van der Waals surface area contributed by atoms with Crippen LogP contribution in [0.4, 0.5) is 0 Å². The molecule has 140 valence electrons. The quantitative estimate of drug-likeness (QED) is 0.560. The van der Waals surface area contributed by atoms with E-state index in [1.807, 2.05) is 17.5 Å². The van der Waals surface area contributed by atoms with Crippen LogP contribution in [0.2, 0.25) is 0 Å². The maximum absolute atomic E-state index is 12.4. The van der Waals surface area contributed by atoms with E-state index in [9.17, 15) is 19.2 Å². The molecule has 1 aliphatic rings. The number of fused-ring (bicyclic) bond motifs is 1. The number of carbonyl (C=O) groups excluding carboxylic acids is 4. The van der Waals surface area contributed by atoms with Crippen LogP contribution in [0.15, 0.2) is 41.8 Å². The Kier molecular flexibility index (Phi) is 5.36. The maximum Gasteiger partial charge on any atom is 0.329 e. The van der Waals surface area contributed by atoms with E-state index in [1.165, 1.54) is 35.3 Å². The molecule has 1 aromatic heterocycles. The van der Waals surface area contributed by atoms with Gasteiger partial charge in [0.1, 0.15) is 6.04 Å². The SMILES string of the molecule is C[C@H](C(=O)OCC(=O)N(C)Cc1cccs1)N1C(=O)c2ccccc2C1=O. The van der Waals surface area contributed by atoms with Crippen LogP contribution in [-0.2, 0) is 20.9 Å². The Bertz CT molecular complexity index is 858. The largest absolute Gasteiger partial charge is 0.454 e. The third-order valence-corrected chi connectivity index (χ3v) is 5.15. The standard InChI is InChI=1S/C19H18N2O5S/c1-12(21-17(23)14-7-3-4-8-15(14)18(21)24)19(25)26-11-16(22)20(2)10-13-6-5-9-27-13/h3-9,12H,10-11H2,1-2H3/t12-/m1/s1. The highest BCUT2D eigenvalue weighted by atomic mass is 32.1. The first-order chi connectivity index (χ1) is 12.9.